The van der Waals surface area contributed by atoms with E-state index in [-0.39, 0.29) is 11.3 Å². The SMILES string of the molecule is CN1C(=O)N(c2c(F)cc(C#Cc3ccccc3)cc2F)C(=O)C[C@@]1(C)C(=N)/C=C\O. The molecule has 1 heterocycles. The second kappa shape index (κ2) is 8.40. The van der Waals surface area contributed by atoms with Gasteiger partial charge in [0, 0.05) is 18.2 Å². The lowest BCUT2D eigenvalue weighted by molar-refractivity contribution is -0.120. The normalized spacial score (nSPS) is 18.8. The smallest absolute Gasteiger partial charge is 0.332 e. The largest absolute Gasteiger partial charge is 0.516 e. The third-order valence-corrected chi connectivity index (χ3v) is 5.15. The number of urea groups is 1. The summed E-state index contributed by atoms with van der Waals surface area (Å²) >= 11 is 0. The number of amides is 3. The molecule has 31 heavy (non-hydrogen) atoms. The van der Waals surface area contributed by atoms with E-state index in [1.54, 1.807) is 24.3 Å². The number of nitrogens with one attached hydrogen (secondary N) is 1. The maximum absolute atomic E-state index is 14.8. The minimum absolute atomic E-state index is 0.0487. The molecule has 0 aliphatic carbocycles. The zero-order chi connectivity index (χ0) is 22.8. The highest BCUT2D eigenvalue weighted by molar-refractivity contribution is 6.20. The molecule has 0 radical (unpaired) electrons. The summed E-state index contributed by atoms with van der Waals surface area (Å²) in [5.74, 6) is 2.35. The molecule has 158 valence electrons. The number of halogens is 2. The maximum atomic E-state index is 14.8. The number of anilines is 1. The molecule has 3 rings (SSSR count). The molecule has 1 saturated heterocycles. The predicted octanol–water partition coefficient (Wildman–Crippen LogP) is 4.00. The highest BCUT2D eigenvalue weighted by atomic mass is 19.1. The molecule has 0 unspecified atom stereocenters. The number of hydrogen-bond donors (Lipinski definition) is 2. The fourth-order valence-corrected chi connectivity index (χ4v) is 3.23. The molecule has 0 bridgehead atoms. The fraction of sp³-hybridized carbons (Fsp3) is 0.174. The van der Waals surface area contributed by atoms with E-state index in [1.807, 2.05) is 6.07 Å². The highest BCUT2D eigenvalue weighted by Crippen LogP contribution is 2.34. The average Bonchev–Trinajstić information content (AvgIpc) is 2.73. The Morgan fingerprint density at radius 3 is 2.29 bits per heavy atom. The molecule has 3 amide bonds. The topological polar surface area (TPSA) is 84.7 Å². The number of imide groups is 1. The molecular weight excluding hydrogens is 404 g/mol. The predicted molar refractivity (Wildman–Crippen MR) is 112 cm³/mol. The summed E-state index contributed by atoms with van der Waals surface area (Å²) in [5, 5.41) is 16.9. The summed E-state index contributed by atoms with van der Waals surface area (Å²) in [4.78, 5) is 27.0. The zero-order valence-corrected chi connectivity index (χ0v) is 16.8. The van der Waals surface area contributed by atoms with Crippen molar-refractivity contribution in [1.29, 1.82) is 5.41 Å². The Kier molecular flexibility index (Phi) is 5.88. The van der Waals surface area contributed by atoms with Gasteiger partial charge in [0.1, 0.15) is 5.69 Å². The van der Waals surface area contributed by atoms with Crippen LogP contribution >= 0.6 is 0 Å². The summed E-state index contributed by atoms with van der Waals surface area (Å²) in [6.07, 6.45) is 1.26. The van der Waals surface area contributed by atoms with Gasteiger partial charge in [0.25, 0.3) is 0 Å². The summed E-state index contributed by atoms with van der Waals surface area (Å²) in [7, 11) is 1.32. The minimum Gasteiger partial charge on any atom is -0.516 e. The van der Waals surface area contributed by atoms with E-state index < -0.39 is 41.2 Å². The van der Waals surface area contributed by atoms with Crippen LogP contribution in [0.1, 0.15) is 24.5 Å². The molecule has 1 atom stereocenters. The number of aliphatic hydroxyl groups is 1. The maximum Gasteiger partial charge on any atom is 0.332 e. The molecule has 0 aromatic heterocycles. The van der Waals surface area contributed by atoms with Crippen molar-refractivity contribution in [2.75, 3.05) is 11.9 Å². The number of benzene rings is 2. The molecule has 2 aromatic carbocycles. The first-order chi connectivity index (χ1) is 14.7. The van der Waals surface area contributed by atoms with Crippen LogP contribution in [0.5, 0.6) is 0 Å². The average molecular weight is 423 g/mol. The van der Waals surface area contributed by atoms with Gasteiger partial charge in [-0.15, -0.1) is 0 Å². The van der Waals surface area contributed by atoms with Gasteiger partial charge in [-0.2, -0.15) is 0 Å². The van der Waals surface area contributed by atoms with Gasteiger partial charge >= 0.3 is 6.03 Å². The van der Waals surface area contributed by atoms with Crippen molar-refractivity contribution in [1.82, 2.24) is 4.90 Å². The monoisotopic (exact) mass is 423 g/mol. The molecule has 6 nitrogen and oxygen atoms in total. The summed E-state index contributed by atoms with van der Waals surface area (Å²) in [6, 6.07) is 9.79. The number of nitrogens with zero attached hydrogens (tertiary/aromatic N) is 2. The van der Waals surface area contributed by atoms with E-state index in [0.717, 1.165) is 23.1 Å². The third-order valence-electron chi connectivity index (χ3n) is 5.15. The van der Waals surface area contributed by atoms with E-state index >= 15 is 0 Å². The number of aliphatic hydroxyl groups excluding tert-OH is 1. The first-order valence-corrected chi connectivity index (χ1v) is 9.25. The van der Waals surface area contributed by atoms with Crippen LogP contribution in [0.2, 0.25) is 0 Å². The van der Waals surface area contributed by atoms with Crippen LogP contribution < -0.4 is 4.90 Å². The lowest BCUT2D eigenvalue weighted by atomic mass is 9.87. The Hall–Kier alpha value is -3.99. The van der Waals surface area contributed by atoms with Gasteiger partial charge in [0.2, 0.25) is 5.91 Å². The van der Waals surface area contributed by atoms with Crippen LogP contribution in [-0.2, 0) is 4.79 Å². The van der Waals surface area contributed by atoms with Crippen molar-refractivity contribution in [2.45, 2.75) is 18.9 Å². The van der Waals surface area contributed by atoms with Crippen molar-refractivity contribution in [2.24, 2.45) is 0 Å². The Bertz CT molecular complexity index is 1130. The molecule has 0 spiro atoms. The summed E-state index contributed by atoms with van der Waals surface area (Å²) in [5.41, 5.74) is -1.66. The molecule has 2 N–H and O–H groups in total. The van der Waals surface area contributed by atoms with E-state index in [0.29, 0.717) is 16.7 Å². The van der Waals surface area contributed by atoms with Gasteiger partial charge < -0.3 is 15.4 Å². The minimum atomic E-state index is -1.38. The van der Waals surface area contributed by atoms with Crippen LogP contribution in [0.3, 0.4) is 0 Å². The lowest BCUT2D eigenvalue weighted by Gasteiger charge is -2.45. The Morgan fingerprint density at radius 2 is 1.71 bits per heavy atom. The number of carbonyl (C=O) groups is 2. The van der Waals surface area contributed by atoms with Gasteiger partial charge in [-0.1, -0.05) is 30.0 Å². The van der Waals surface area contributed by atoms with Gasteiger partial charge in [0.15, 0.2) is 11.6 Å². The summed E-state index contributed by atoms with van der Waals surface area (Å²) < 4.78 is 29.6. The standard InChI is InChI=1S/C23H19F2N3O3/c1-23(19(26)10-11-29)14-20(30)28(22(31)27(23)2)21-17(24)12-16(13-18(21)25)9-8-15-6-4-3-5-7-15/h3-7,10-13,26,29H,14H2,1-2H3/b11-10-,26-19?/t23-/m0/s1. The van der Waals surface area contributed by atoms with E-state index in [2.05, 4.69) is 11.8 Å². The third kappa shape index (κ3) is 4.03. The first-order valence-electron chi connectivity index (χ1n) is 9.25. The molecule has 2 aromatic rings. The second-order valence-corrected chi connectivity index (χ2v) is 7.16. The molecule has 1 aliphatic rings. The Morgan fingerprint density at radius 1 is 1.13 bits per heavy atom. The van der Waals surface area contributed by atoms with Crippen molar-refractivity contribution >= 4 is 23.3 Å². The quantitative estimate of drug-likeness (QED) is 0.445. The van der Waals surface area contributed by atoms with Gasteiger partial charge in [-0.25, -0.2) is 18.5 Å². The second-order valence-electron chi connectivity index (χ2n) is 7.16. The highest BCUT2D eigenvalue weighted by Gasteiger charge is 2.48. The van der Waals surface area contributed by atoms with E-state index in [9.17, 15) is 18.4 Å². The molecule has 1 aliphatic heterocycles. The number of carbonyl (C=O) groups excluding carboxylic acids is 2. The van der Waals surface area contributed by atoms with Crippen LogP contribution in [0.25, 0.3) is 0 Å². The van der Waals surface area contributed by atoms with Crippen molar-refractivity contribution in [3.63, 3.8) is 0 Å². The Labute approximate surface area is 177 Å². The van der Waals surface area contributed by atoms with Crippen LogP contribution in [0.4, 0.5) is 19.3 Å². The van der Waals surface area contributed by atoms with E-state index in [1.165, 1.54) is 14.0 Å². The van der Waals surface area contributed by atoms with Crippen molar-refractivity contribution in [3.8, 4) is 11.8 Å². The zero-order valence-electron chi connectivity index (χ0n) is 16.8. The lowest BCUT2D eigenvalue weighted by Crippen LogP contribution is -2.64. The molecule has 8 heteroatoms. The van der Waals surface area contributed by atoms with Crippen molar-refractivity contribution in [3.05, 3.63) is 77.6 Å². The molecule has 1 fully saturated rings. The van der Waals surface area contributed by atoms with E-state index in [4.69, 9.17) is 10.5 Å². The number of hydrogen-bond acceptors (Lipinski definition) is 4. The van der Waals surface area contributed by atoms with Crippen LogP contribution in [0.15, 0.2) is 54.8 Å². The van der Waals surface area contributed by atoms with Gasteiger partial charge in [0.05, 0.1) is 23.9 Å². The Balaban J connectivity index is 1.96. The number of rotatable bonds is 3. The van der Waals surface area contributed by atoms with Gasteiger partial charge in [-0.05, 0) is 37.3 Å². The fourth-order valence-electron chi connectivity index (χ4n) is 3.23. The van der Waals surface area contributed by atoms with Gasteiger partial charge in [-0.3, -0.25) is 4.79 Å². The van der Waals surface area contributed by atoms with Crippen molar-refractivity contribution < 1.29 is 23.5 Å². The van der Waals surface area contributed by atoms with Crippen LogP contribution in [-0.4, -0.2) is 40.2 Å². The van der Waals surface area contributed by atoms with Crippen LogP contribution in [0, 0.1) is 28.9 Å². The first kappa shape index (κ1) is 21.7. The summed E-state index contributed by atoms with van der Waals surface area (Å²) in [6.45, 7) is 1.46. The molecule has 0 saturated carbocycles. The molecular formula is C23H19F2N3O3.